The normalized spacial score (nSPS) is 17.6. The summed E-state index contributed by atoms with van der Waals surface area (Å²) in [6, 6.07) is 1.72. The maximum absolute atomic E-state index is 11.7. The molecule has 0 saturated heterocycles. The smallest absolute Gasteiger partial charge is 0.252 e. The number of nitrogens with one attached hydrogen (secondary N) is 1. The summed E-state index contributed by atoms with van der Waals surface area (Å²) < 4.78 is 0. The van der Waals surface area contributed by atoms with Crippen LogP contribution in [0, 0.1) is 0 Å². The van der Waals surface area contributed by atoms with E-state index < -0.39 is 0 Å². The minimum absolute atomic E-state index is 0.0859. The predicted octanol–water partition coefficient (Wildman–Crippen LogP) is 1.46. The van der Waals surface area contributed by atoms with E-state index >= 15 is 0 Å². The van der Waals surface area contributed by atoms with Gasteiger partial charge in [-0.15, -0.1) is 0 Å². The third-order valence-corrected chi connectivity index (χ3v) is 3.41. The van der Waals surface area contributed by atoms with Gasteiger partial charge >= 0.3 is 0 Å². The molecule has 1 saturated carbocycles. The highest BCUT2D eigenvalue weighted by Gasteiger charge is 2.19. The number of anilines is 1. The SMILES string of the molecule is NCc1cc(N)c(C2CCCCC2)[nH]c1=O. The molecule has 1 aromatic rings. The highest BCUT2D eigenvalue weighted by atomic mass is 16.1. The van der Waals surface area contributed by atoms with Crippen LogP contribution in [0.3, 0.4) is 0 Å². The van der Waals surface area contributed by atoms with Crippen molar-refractivity contribution in [1.82, 2.24) is 4.98 Å². The van der Waals surface area contributed by atoms with Gasteiger partial charge in [-0.3, -0.25) is 4.79 Å². The third-order valence-electron chi connectivity index (χ3n) is 3.41. The summed E-state index contributed by atoms with van der Waals surface area (Å²) in [5, 5.41) is 0. The van der Waals surface area contributed by atoms with Gasteiger partial charge in [0, 0.05) is 23.7 Å². The second-order valence-corrected chi connectivity index (χ2v) is 4.53. The Labute approximate surface area is 95.0 Å². The van der Waals surface area contributed by atoms with Gasteiger partial charge in [0.05, 0.1) is 5.69 Å². The van der Waals surface area contributed by atoms with Crippen LogP contribution in [0.2, 0.25) is 0 Å². The number of nitrogens with two attached hydrogens (primary N) is 2. The minimum atomic E-state index is -0.0859. The zero-order chi connectivity index (χ0) is 11.5. The van der Waals surface area contributed by atoms with Crippen LogP contribution in [-0.4, -0.2) is 4.98 Å². The van der Waals surface area contributed by atoms with Gasteiger partial charge in [-0.1, -0.05) is 19.3 Å². The summed E-state index contributed by atoms with van der Waals surface area (Å²) in [6.07, 6.45) is 6.00. The first kappa shape index (κ1) is 11.2. The highest BCUT2D eigenvalue weighted by Crippen LogP contribution is 2.33. The standard InChI is InChI=1S/C12H19N3O/c13-7-9-6-10(14)11(15-12(9)16)8-4-2-1-3-5-8/h6,8H,1-5,7,13-14H2,(H,15,16). The molecular weight excluding hydrogens is 202 g/mol. The third kappa shape index (κ3) is 2.11. The molecule has 1 heterocycles. The molecule has 0 amide bonds. The lowest BCUT2D eigenvalue weighted by Crippen LogP contribution is -2.21. The average molecular weight is 221 g/mol. The first-order chi connectivity index (χ1) is 7.72. The Hall–Kier alpha value is -1.29. The molecule has 0 atom stereocenters. The lowest BCUT2D eigenvalue weighted by molar-refractivity contribution is 0.437. The van der Waals surface area contributed by atoms with Crippen molar-refractivity contribution in [1.29, 1.82) is 0 Å². The van der Waals surface area contributed by atoms with Gasteiger partial charge in [0.1, 0.15) is 0 Å². The van der Waals surface area contributed by atoms with Gasteiger partial charge in [-0.2, -0.15) is 0 Å². The topological polar surface area (TPSA) is 84.9 Å². The number of aromatic nitrogens is 1. The molecule has 0 bridgehead atoms. The Bertz CT molecular complexity index is 419. The van der Waals surface area contributed by atoms with Crippen molar-refractivity contribution in [3.05, 3.63) is 27.7 Å². The fourth-order valence-corrected chi connectivity index (χ4v) is 2.49. The Morgan fingerprint density at radius 3 is 2.62 bits per heavy atom. The predicted molar refractivity (Wildman–Crippen MR) is 65.2 cm³/mol. The summed E-state index contributed by atoms with van der Waals surface area (Å²) in [6.45, 7) is 0.241. The van der Waals surface area contributed by atoms with E-state index in [-0.39, 0.29) is 12.1 Å². The van der Waals surface area contributed by atoms with Gasteiger partial charge in [-0.05, 0) is 18.9 Å². The molecule has 0 unspecified atom stereocenters. The lowest BCUT2D eigenvalue weighted by atomic mass is 9.86. The average Bonchev–Trinajstić information content (AvgIpc) is 2.32. The van der Waals surface area contributed by atoms with E-state index in [4.69, 9.17) is 11.5 Å². The Balaban J connectivity index is 2.33. The number of H-pyrrole nitrogens is 1. The molecule has 4 nitrogen and oxygen atoms in total. The van der Waals surface area contributed by atoms with Gasteiger partial charge in [0.15, 0.2) is 0 Å². The van der Waals surface area contributed by atoms with Crippen molar-refractivity contribution in [2.45, 2.75) is 44.6 Å². The number of pyridine rings is 1. The molecule has 0 radical (unpaired) electrons. The monoisotopic (exact) mass is 221 g/mol. The van der Waals surface area contributed by atoms with Gasteiger partial charge in [0.25, 0.3) is 5.56 Å². The van der Waals surface area contributed by atoms with E-state index in [0.717, 1.165) is 18.5 Å². The highest BCUT2D eigenvalue weighted by molar-refractivity contribution is 5.46. The summed E-state index contributed by atoms with van der Waals surface area (Å²) >= 11 is 0. The van der Waals surface area contributed by atoms with Crippen molar-refractivity contribution >= 4 is 5.69 Å². The zero-order valence-corrected chi connectivity index (χ0v) is 9.46. The van der Waals surface area contributed by atoms with Crippen molar-refractivity contribution in [3.8, 4) is 0 Å². The molecule has 1 aliphatic rings. The maximum Gasteiger partial charge on any atom is 0.252 e. The molecule has 0 spiro atoms. The van der Waals surface area contributed by atoms with Crippen molar-refractivity contribution < 1.29 is 0 Å². The van der Waals surface area contributed by atoms with E-state index in [0.29, 0.717) is 17.2 Å². The quantitative estimate of drug-likeness (QED) is 0.706. The van der Waals surface area contributed by atoms with Gasteiger partial charge < -0.3 is 16.5 Å². The van der Waals surface area contributed by atoms with Gasteiger partial charge in [-0.25, -0.2) is 0 Å². The van der Waals surface area contributed by atoms with E-state index in [1.807, 2.05) is 0 Å². The first-order valence-corrected chi connectivity index (χ1v) is 5.94. The van der Waals surface area contributed by atoms with E-state index in [1.165, 1.54) is 19.3 Å². The summed E-state index contributed by atoms with van der Waals surface area (Å²) in [5.74, 6) is 0.424. The lowest BCUT2D eigenvalue weighted by Gasteiger charge is -2.23. The second kappa shape index (κ2) is 4.70. The first-order valence-electron chi connectivity index (χ1n) is 5.94. The van der Waals surface area contributed by atoms with Gasteiger partial charge in [0.2, 0.25) is 0 Å². The zero-order valence-electron chi connectivity index (χ0n) is 9.46. The van der Waals surface area contributed by atoms with E-state index in [9.17, 15) is 4.79 Å². The number of aromatic amines is 1. The number of rotatable bonds is 2. The van der Waals surface area contributed by atoms with Crippen molar-refractivity contribution in [2.24, 2.45) is 5.73 Å². The van der Waals surface area contributed by atoms with Crippen LogP contribution in [-0.2, 0) is 6.54 Å². The van der Waals surface area contributed by atoms with Crippen molar-refractivity contribution in [2.75, 3.05) is 5.73 Å². The molecule has 5 N–H and O–H groups in total. The van der Waals surface area contributed by atoms with Crippen LogP contribution in [0.15, 0.2) is 10.9 Å². The summed E-state index contributed by atoms with van der Waals surface area (Å²) in [7, 11) is 0. The molecule has 0 aromatic carbocycles. The molecule has 4 heteroatoms. The van der Waals surface area contributed by atoms with Crippen LogP contribution in [0.25, 0.3) is 0 Å². The molecule has 1 aliphatic carbocycles. The summed E-state index contributed by atoms with van der Waals surface area (Å²) in [4.78, 5) is 14.6. The van der Waals surface area contributed by atoms with Crippen LogP contribution in [0.4, 0.5) is 5.69 Å². The number of nitrogen functional groups attached to an aromatic ring is 1. The van der Waals surface area contributed by atoms with Crippen molar-refractivity contribution in [3.63, 3.8) is 0 Å². The number of hydrogen-bond acceptors (Lipinski definition) is 3. The van der Waals surface area contributed by atoms with E-state index in [2.05, 4.69) is 4.98 Å². The largest absolute Gasteiger partial charge is 0.397 e. The second-order valence-electron chi connectivity index (χ2n) is 4.53. The minimum Gasteiger partial charge on any atom is -0.397 e. The van der Waals surface area contributed by atoms with Crippen LogP contribution in [0.5, 0.6) is 0 Å². The Morgan fingerprint density at radius 1 is 1.31 bits per heavy atom. The molecular formula is C12H19N3O. The van der Waals surface area contributed by atoms with E-state index in [1.54, 1.807) is 6.07 Å². The molecule has 0 aliphatic heterocycles. The molecule has 1 aromatic heterocycles. The Morgan fingerprint density at radius 2 is 2.00 bits per heavy atom. The Kier molecular flexibility index (Phi) is 3.29. The fourth-order valence-electron chi connectivity index (χ4n) is 2.49. The van der Waals surface area contributed by atoms with Crippen LogP contribution < -0.4 is 17.0 Å². The van der Waals surface area contributed by atoms with Crippen LogP contribution >= 0.6 is 0 Å². The molecule has 2 rings (SSSR count). The molecule has 1 fully saturated rings. The number of hydrogen-bond donors (Lipinski definition) is 3. The van der Waals surface area contributed by atoms with Crippen LogP contribution in [0.1, 0.15) is 49.3 Å². The summed E-state index contributed by atoms with van der Waals surface area (Å²) in [5.41, 5.74) is 13.5. The molecule has 88 valence electrons. The fraction of sp³-hybridized carbons (Fsp3) is 0.583. The molecule has 16 heavy (non-hydrogen) atoms. The maximum atomic E-state index is 11.7.